The van der Waals surface area contributed by atoms with Crippen LogP contribution in [-0.4, -0.2) is 20.8 Å². The average Bonchev–Trinajstić information content (AvgIpc) is 2.53. The number of rotatable bonds is 2. The topological polar surface area (TPSA) is 30.5 Å². The highest BCUT2D eigenvalue weighted by Crippen LogP contribution is 2.48. The Morgan fingerprint density at radius 1 is 1.04 bits per heavy atom. The van der Waals surface area contributed by atoms with Gasteiger partial charge in [0.15, 0.2) is 11.5 Å². The van der Waals surface area contributed by atoms with Crippen LogP contribution in [0.5, 0.6) is 11.5 Å². The van der Waals surface area contributed by atoms with Gasteiger partial charge in [0.1, 0.15) is 0 Å². The van der Waals surface area contributed by atoms with E-state index in [9.17, 15) is 0 Å². The van der Waals surface area contributed by atoms with Crippen LogP contribution >= 0.6 is 0 Å². The molecule has 128 valence electrons. The van der Waals surface area contributed by atoms with Crippen LogP contribution in [0.3, 0.4) is 0 Å². The molecule has 1 fully saturated rings. The molecule has 0 atom stereocenters. The molecule has 0 radical (unpaired) electrons. The van der Waals surface area contributed by atoms with Crippen molar-refractivity contribution in [3.8, 4) is 11.5 Å². The quantitative estimate of drug-likeness (QED) is 0.883. The Bertz CT molecular complexity index is 566. The summed E-state index contributed by atoms with van der Waals surface area (Å²) in [4.78, 5) is 0. The third-order valence-electron chi connectivity index (χ3n) is 6.05. The van der Waals surface area contributed by atoms with Gasteiger partial charge < -0.3 is 14.8 Å². The van der Waals surface area contributed by atoms with Crippen LogP contribution < -0.4 is 14.8 Å². The van der Waals surface area contributed by atoms with Crippen LogP contribution in [0.1, 0.15) is 57.6 Å². The van der Waals surface area contributed by atoms with E-state index in [-0.39, 0.29) is 5.54 Å². The van der Waals surface area contributed by atoms with E-state index in [2.05, 4.69) is 38.2 Å². The van der Waals surface area contributed by atoms with Gasteiger partial charge in [0.2, 0.25) is 0 Å². The monoisotopic (exact) mass is 317 g/mol. The van der Waals surface area contributed by atoms with Crippen molar-refractivity contribution in [2.24, 2.45) is 11.3 Å². The van der Waals surface area contributed by atoms with Gasteiger partial charge in [-0.15, -0.1) is 0 Å². The van der Waals surface area contributed by atoms with E-state index in [1.165, 1.54) is 36.8 Å². The van der Waals surface area contributed by atoms with Crippen molar-refractivity contribution >= 4 is 0 Å². The minimum Gasteiger partial charge on any atom is -0.493 e. The second-order valence-corrected chi connectivity index (χ2v) is 8.26. The zero-order valence-electron chi connectivity index (χ0n) is 15.3. The molecule has 0 saturated heterocycles. The summed E-state index contributed by atoms with van der Waals surface area (Å²) in [5, 5.41) is 3.86. The highest BCUT2D eigenvalue weighted by atomic mass is 16.5. The van der Waals surface area contributed by atoms with E-state index in [1.54, 1.807) is 14.2 Å². The average molecular weight is 317 g/mol. The minimum atomic E-state index is 0.134. The van der Waals surface area contributed by atoms with E-state index >= 15 is 0 Å². The molecule has 1 aromatic carbocycles. The molecule has 1 N–H and O–H groups in total. The van der Waals surface area contributed by atoms with Crippen molar-refractivity contribution in [3.05, 3.63) is 23.3 Å². The lowest BCUT2D eigenvalue weighted by Crippen LogP contribution is -2.50. The summed E-state index contributed by atoms with van der Waals surface area (Å²) in [6.45, 7) is 8.20. The Kier molecular flexibility index (Phi) is 4.35. The van der Waals surface area contributed by atoms with Gasteiger partial charge in [-0.1, -0.05) is 20.8 Å². The third-order valence-corrected chi connectivity index (χ3v) is 6.05. The first-order valence-corrected chi connectivity index (χ1v) is 8.90. The molecule has 0 amide bonds. The maximum atomic E-state index is 5.56. The van der Waals surface area contributed by atoms with Crippen molar-refractivity contribution in [1.29, 1.82) is 0 Å². The molecule has 1 aromatic rings. The Morgan fingerprint density at radius 2 is 1.65 bits per heavy atom. The summed E-state index contributed by atoms with van der Waals surface area (Å²) in [6, 6.07) is 4.41. The molecule has 1 spiro atoms. The van der Waals surface area contributed by atoms with E-state index < -0.39 is 0 Å². The maximum absolute atomic E-state index is 5.56. The molecule has 2 aliphatic rings. The first-order chi connectivity index (χ1) is 10.9. The fourth-order valence-electron chi connectivity index (χ4n) is 4.53. The summed E-state index contributed by atoms with van der Waals surface area (Å²) in [7, 11) is 3.44. The van der Waals surface area contributed by atoms with Gasteiger partial charge in [0.05, 0.1) is 14.2 Å². The lowest BCUT2D eigenvalue weighted by molar-refractivity contribution is 0.109. The van der Waals surface area contributed by atoms with Crippen molar-refractivity contribution in [3.63, 3.8) is 0 Å². The van der Waals surface area contributed by atoms with Gasteiger partial charge in [0.25, 0.3) is 0 Å². The molecule has 3 nitrogen and oxygen atoms in total. The van der Waals surface area contributed by atoms with Crippen LogP contribution in [-0.2, 0) is 12.0 Å². The zero-order valence-corrected chi connectivity index (χ0v) is 15.3. The van der Waals surface area contributed by atoms with Crippen molar-refractivity contribution < 1.29 is 9.47 Å². The zero-order chi connectivity index (χ0) is 16.7. The fraction of sp³-hybridized carbons (Fsp3) is 0.700. The molecule has 1 aliphatic heterocycles. The second kappa shape index (κ2) is 6.01. The van der Waals surface area contributed by atoms with E-state index in [4.69, 9.17) is 9.47 Å². The number of benzene rings is 1. The third kappa shape index (κ3) is 2.96. The SMILES string of the molecule is COc1cc2c(cc1OC)C1(CCC(C(C)(C)C)CC1)NCC2. The number of hydrogen-bond acceptors (Lipinski definition) is 3. The molecule has 1 heterocycles. The van der Waals surface area contributed by atoms with Crippen LogP contribution in [0.25, 0.3) is 0 Å². The van der Waals surface area contributed by atoms with E-state index in [0.717, 1.165) is 30.4 Å². The summed E-state index contributed by atoms with van der Waals surface area (Å²) >= 11 is 0. The number of hydrogen-bond donors (Lipinski definition) is 1. The first kappa shape index (κ1) is 16.6. The van der Waals surface area contributed by atoms with Crippen LogP contribution in [0.15, 0.2) is 12.1 Å². The van der Waals surface area contributed by atoms with Crippen molar-refractivity contribution in [2.75, 3.05) is 20.8 Å². The van der Waals surface area contributed by atoms with Crippen LogP contribution in [0.2, 0.25) is 0 Å². The number of methoxy groups -OCH3 is 2. The van der Waals surface area contributed by atoms with Gasteiger partial charge in [-0.25, -0.2) is 0 Å². The highest BCUT2D eigenvalue weighted by Gasteiger charge is 2.42. The number of ether oxygens (including phenoxy) is 2. The smallest absolute Gasteiger partial charge is 0.161 e. The Morgan fingerprint density at radius 3 is 2.22 bits per heavy atom. The summed E-state index contributed by atoms with van der Waals surface area (Å²) in [6.07, 6.45) is 6.10. The lowest BCUT2D eigenvalue weighted by atomic mass is 9.64. The molecule has 23 heavy (non-hydrogen) atoms. The van der Waals surface area contributed by atoms with Crippen LogP contribution in [0.4, 0.5) is 0 Å². The normalized spacial score (nSPS) is 27.6. The standard InChI is InChI=1S/C20H31NO2/c1-19(2,3)15-6-9-20(10-7-15)16-13-18(23-5)17(22-4)12-14(16)8-11-21-20/h12-13,15,21H,6-11H2,1-5H3. The molecule has 3 heteroatoms. The Balaban J connectivity index is 1.93. The van der Waals surface area contributed by atoms with Gasteiger partial charge in [-0.05, 0) is 66.7 Å². The molecule has 1 saturated carbocycles. The highest BCUT2D eigenvalue weighted by molar-refractivity contribution is 5.51. The summed E-state index contributed by atoms with van der Waals surface area (Å²) in [5.41, 5.74) is 3.41. The van der Waals surface area contributed by atoms with Crippen molar-refractivity contribution in [2.45, 2.75) is 58.4 Å². The Hall–Kier alpha value is -1.22. The van der Waals surface area contributed by atoms with Gasteiger partial charge >= 0.3 is 0 Å². The Labute approximate surface area is 140 Å². The number of fused-ring (bicyclic) bond motifs is 2. The fourth-order valence-corrected chi connectivity index (χ4v) is 4.53. The van der Waals surface area contributed by atoms with E-state index in [0.29, 0.717) is 5.41 Å². The molecular weight excluding hydrogens is 286 g/mol. The molecule has 0 aromatic heterocycles. The minimum absolute atomic E-state index is 0.134. The number of nitrogens with one attached hydrogen (secondary N) is 1. The molecule has 0 bridgehead atoms. The summed E-state index contributed by atoms with van der Waals surface area (Å²) in [5.74, 6) is 2.53. The lowest BCUT2D eigenvalue weighted by Gasteiger charge is -2.47. The van der Waals surface area contributed by atoms with Crippen LogP contribution in [0, 0.1) is 11.3 Å². The maximum Gasteiger partial charge on any atom is 0.161 e. The molecule has 0 unspecified atom stereocenters. The van der Waals surface area contributed by atoms with E-state index in [1.807, 2.05) is 0 Å². The first-order valence-electron chi connectivity index (χ1n) is 8.90. The van der Waals surface area contributed by atoms with Gasteiger partial charge in [0, 0.05) is 12.1 Å². The predicted molar refractivity (Wildman–Crippen MR) is 94.3 cm³/mol. The largest absolute Gasteiger partial charge is 0.493 e. The van der Waals surface area contributed by atoms with Crippen molar-refractivity contribution in [1.82, 2.24) is 5.32 Å². The molecule has 3 rings (SSSR count). The summed E-state index contributed by atoms with van der Waals surface area (Å²) < 4.78 is 11.1. The van der Waals surface area contributed by atoms with Gasteiger partial charge in [-0.3, -0.25) is 0 Å². The van der Waals surface area contributed by atoms with Gasteiger partial charge in [-0.2, -0.15) is 0 Å². The molecular formula is C20H31NO2. The second-order valence-electron chi connectivity index (χ2n) is 8.26. The molecule has 1 aliphatic carbocycles. The predicted octanol–water partition coefficient (Wildman–Crippen LogP) is 4.28.